The van der Waals surface area contributed by atoms with E-state index < -0.39 is 0 Å². The summed E-state index contributed by atoms with van der Waals surface area (Å²) < 4.78 is 13.6. The minimum atomic E-state index is -0.303. The van der Waals surface area contributed by atoms with Crippen LogP contribution >= 0.6 is 0 Å². The van der Waals surface area contributed by atoms with Gasteiger partial charge < -0.3 is 4.90 Å². The zero-order chi connectivity index (χ0) is 24.9. The van der Waals surface area contributed by atoms with Gasteiger partial charge in [-0.1, -0.05) is 73.9 Å². The lowest BCUT2D eigenvalue weighted by Gasteiger charge is -2.37. The quantitative estimate of drug-likeness (QED) is 0.367. The first-order valence-corrected chi connectivity index (χ1v) is 13.5. The van der Waals surface area contributed by atoms with Crippen LogP contribution < -0.4 is 0 Å². The molecule has 1 amide bonds. The Bertz CT molecular complexity index is 1140. The molecule has 1 saturated heterocycles. The molecule has 2 atom stereocenters. The molecule has 2 unspecified atom stereocenters. The zero-order valence-electron chi connectivity index (χ0n) is 21.3. The lowest BCUT2D eigenvalue weighted by molar-refractivity contribution is 0.0588. The van der Waals surface area contributed by atoms with Gasteiger partial charge in [-0.2, -0.15) is 0 Å². The molecular formula is C32H37FN2O. The first kappa shape index (κ1) is 24.7. The van der Waals surface area contributed by atoms with E-state index in [0.29, 0.717) is 17.4 Å². The zero-order valence-corrected chi connectivity index (χ0v) is 21.3. The van der Waals surface area contributed by atoms with Gasteiger partial charge in [-0.15, -0.1) is 0 Å². The van der Waals surface area contributed by atoms with Crippen molar-refractivity contribution in [2.24, 2.45) is 5.92 Å². The summed E-state index contributed by atoms with van der Waals surface area (Å²) in [6.07, 6.45) is 5.70. The number of amides is 1. The molecule has 1 heterocycles. The van der Waals surface area contributed by atoms with Gasteiger partial charge in [0.2, 0.25) is 0 Å². The number of carbonyl (C=O) groups is 1. The molecule has 0 aromatic heterocycles. The summed E-state index contributed by atoms with van der Waals surface area (Å²) in [5.41, 5.74) is 4.64. The van der Waals surface area contributed by atoms with Gasteiger partial charge in [0.25, 0.3) is 5.91 Å². The normalized spacial score (nSPS) is 20.9. The fourth-order valence-corrected chi connectivity index (χ4v) is 6.27. The summed E-state index contributed by atoms with van der Waals surface area (Å²) in [4.78, 5) is 18.5. The van der Waals surface area contributed by atoms with Crippen LogP contribution in [-0.2, 0) is 6.54 Å². The van der Waals surface area contributed by atoms with Crippen molar-refractivity contribution < 1.29 is 9.18 Å². The van der Waals surface area contributed by atoms with Crippen molar-refractivity contribution in [2.45, 2.75) is 57.5 Å². The summed E-state index contributed by atoms with van der Waals surface area (Å²) in [7, 11) is 0. The fourth-order valence-electron chi connectivity index (χ4n) is 6.27. The van der Waals surface area contributed by atoms with Crippen LogP contribution in [0.25, 0.3) is 0 Å². The Morgan fingerprint density at radius 3 is 2.31 bits per heavy atom. The van der Waals surface area contributed by atoms with E-state index >= 15 is 0 Å². The van der Waals surface area contributed by atoms with Gasteiger partial charge in [0.15, 0.2) is 0 Å². The molecule has 188 valence electrons. The molecule has 3 aromatic rings. The van der Waals surface area contributed by atoms with Crippen molar-refractivity contribution in [1.82, 2.24) is 9.80 Å². The topological polar surface area (TPSA) is 23.6 Å². The third-order valence-corrected chi connectivity index (χ3v) is 8.15. The second kappa shape index (κ2) is 11.4. The van der Waals surface area contributed by atoms with Crippen LogP contribution in [0.3, 0.4) is 0 Å². The first-order valence-electron chi connectivity index (χ1n) is 13.5. The Morgan fingerprint density at radius 1 is 0.889 bits per heavy atom. The SMILES string of the molecule is Cc1ccccc1C1CN(Cc2ccccc2)CC1CN(C(=O)c1ccc(F)cc1)C1CCCCC1. The highest BCUT2D eigenvalue weighted by Gasteiger charge is 2.38. The third-order valence-electron chi connectivity index (χ3n) is 8.15. The van der Waals surface area contributed by atoms with E-state index in [1.165, 1.54) is 48.1 Å². The molecule has 0 N–H and O–H groups in total. The van der Waals surface area contributed by atoms with Gasteiger partial charge in [0, 0.05) is 43.7 Å². The number of hydrogen-bond acceptors (Lipinski definition) is 2. The van der Waals surface area contributed by atoms with Crippen molar-refractivity contribution >= 4 is 5.91 Å². The lowest BCUT2D eigenvalue weighted by Crippen LogP contribution is -2.45. The van der Waals surface area contributed by atoms with Crippen LogP contribution in [0, 0.1) is 18.7 Å². The monoisotopic (exact) mass is 484 g/mol. The highest BCUT2D eigenvalue weighted by atomic mass is 19.1. The minimum Gasteiger partial charge on any atom is -0.335 e. The molecular weight excluding hydrogens is 447 g/mol. The predicted molar refractivity (Wildman–Crippen MR) is 143 cm³/mol. The third kappa shape index (κ3) is 5.70. The largest absolute Gasteiger partial charge is 0.335 e. The Morgan fingerprint density at radius 2 is 1.58 bits per heavy atom. The molecule has 5 rings (SSSR count). The molecule has 1 saturated carbocycles. The molecule has 0 bridgehead atoms. The van der Waals surface area contributed by atoms with Crippen LogP contribution in [0.15, 0.2) is 78.9 Å². The second-order valence-electron chi connectivity index (χ2n) is 10.7. The van der Waals surface area contributed by atoms with E-state index in [1.807, 2.05) is 0 Å². The molecule has 3 aromatic carbocycles. The maximum atomic E-state index is 13.8. The van der Waals surface area contributed by atoms with Crippen molar-refractivity contribution in [1.29, 1.82) is 0 Å². The number of hydrogen-bond donors (Lipinski definition) is 0. The first-order chi connectivity index (χ1) is 17.6. The van der Waals surface area contributed by atoms with Crippen LogP contribution in [0.5, 0.6) is 0 Å². The van der Waals surface area contributed by atoms with Crippen molar-refractivity contribution in [3.63, 3.8) is 0 Å². The van der Waals surface area contributed by atoms with Crippen LogP contribution in [0.1, 0.15) is 65.1 Å². The molecule has 3 nitrogen and oxygen atoms in total. The van der Waals surface area contributed by atoms with Gasteiger partial charge in [-0.3, -0.25) is 9.69 Å². The van der Waals surface area contributed by atoms with E-state index in [-0.39, 0.29) is 17.8 Å². The maximum absolute atomic E-state index is 13.8. The van der Waals surface area contributed by atoms with E-state index in [1.54, 1.807) is 12.1 Å². The average Bonchev–Trinajstić information content (AvgIpc) is 3.30. The number of rotatable bonds is 7. The Hall–Kier alpha value is -2.98. The highest BCUT2D eigenvalue weighted by molar-refractivity contribution is 5.94. The van der Waals surface area contributed by atoms with E-state index in [4.69, 9.17) is 0 Å². The fraction of sp³-hybridized carbons (Fsp3) is 0.406. The van der Waals surface area contributed by atoms with Gasteiger partial charge in [-0.25, -0.2) is 4.39 Å². The summed E-state index contributed by atoms with van der Waals surface area (Å²) in [5.74, 6) is 0.470. The molecule has 0 radical (unpaired) electrons. The Kier molecular flexibility index (Phi) is 7.81. The molecule has 2 fully saturated rings. The summed E-state index contributed by atoms with van der Waals surface area (Å²) in [6, 6.07) is 25.7. The number of aryl methyl sites for hydroxylation is 1. The molecule has 36 heavy (non-hydrogen) atoms. The summed E-state index contributed by atoms with van der Waals surface area (Å²) >= 11 is 0. The van der Waals surface area contributed by atoms with Crippen LogP contribution in [0.4, 0.5) is 4.39 Å². The molecule has 1 aliphatic carbocycles. The lowest BCUT2D eigenvalue weighted by atomic mass is 9.85. The van der Waals surface area contributed by atoms with Gasteiger partial charge >= 0.3 is 0 Å². The van der Waals surface area contributed by atoms with Gasteiger partial charge in [0.1, 0.15) is 5.82 Å². The second-order valence-corrected chi connectivity index (χ2v) is 10.7. The van der Waals surface area contributed by atoms with E-state index in [0.717, 1.165) is 39.0 Å². The number of halogens is 1. The average molecular weight is 485 g/mol. The minimum absolute atomic E-state index is 0.0481. The number of likely N-dealkylation sites (tertiary alicyclic amines) is 1. The highest BCUT2D eigenvalue weighted by Crippen LogP contribution is 2.37. The van der Waals surface area contributed by atoms with Crippen LogP contribution in [0.2, 0.25) is 0 Å². The van der Waals surface area contributed by atoms with Gasteiger partial charge in [-0.05, 0) is 66.6 Å². The molecule has 4 heteroatoms. The van der Waals surface area contributed by atoms with Crippen molar-refractivity contribution in [3.05, 3.63) is 107 Å². The van der Waals surface area contributed by atoms with E-state index in [2.05, 4.69) is 71.3 Å². The van der Waals surface area contributed by atoms with Gasteiger partial charge in [0.05, 0.1) is 0 Å². The van der Waals surface area contributed by atoms with Crippen molar-refractivity contribution in [3.8, 4) is 0 Å². The molecule has 2 aliphatic rings. The van der Waals surface area contributed by atoms with E-state index in [9.17, 15) is 9.18 Å². The summed E-state index contributed by atoms with van der Waals surface area (Å²) in [6.45, 7) is 5.83. The number of carbonyl (C=O) groups excluding carboxylic acids is 1. The Balaban J connectivity index is 1.43. The Labute approximate surface area is 214 Å². The molecule has 1 aliphatic heterocycles. The standard InChI is InChI=1S/C32H37FN2O/c1-24-10-8-9-15-30(24)31-23-34(20-25-11-4-2-5-12-25)21-27(31)22-35(29-13-6-3-7-14-29)32(36)26-16-18-28(33)19-17-26/h2,4-5,8-12,15-19,27,29,31H,3,6-7,13-14,20-23H2,1H3. The number of nitrogens with zero attached hydrogens (tertiary/aromatic N) is 2. The van der Waals surface area contributed by atoms with Crippen LogP contribution in [-0.4, -0.2) is 41.4 Å². The summed E-state index contributed by atoms with van der Waals surface area (Å²) in [5, 5.41) is 0. The number of benzene rings is 3. The maximum Gasteiger partial charge on any atom is 0.254 e. The molecule has 0 spiro atoms. The predicted octanol–water partition coefficient (Wildman–Crippen LogP) is 6.82. The van der Waals surface area contributed by atoms with Crippen molar-refractivity contribution in [2.75, 3.05) is 19.6 Å². The smallest absolute Gasteiger partial charge is 0.254 e.